The Morgan fingerprint density at radius 3 is 2.10 bits per heavy atom. The number of thiazole rings is 1. The molecule has 1 aromatic heterocycles. The second-order valence-corrected chi connectivity index (χ2v) is 14.8. The molecule has 12 nitrogen and oxygen atoms in total. The second-order valence-electron chi connectivity index (χ2n) is 13.9. The minimum absolute atomic E-state index is 0.0200. The van der Waals surface area contributed by atoms with Gasteiger partial charge in [0.25, 0.3) is 5.91 Å². The lowest BCUT2D eigenvalue weighted by atomic mass is 9.92. The van der Waals surface area contributed by atoms with Gasteiger partial charge in [-0.05, 0) is 43.2 Å². The molecule has 0 saturated carbocycles. The van der Waals surface area contributed by atoms with Gasteiger partial charge in [0.1, 0.15) is 16.7 Å². The number of nitrogens with zero attached hydrogens (tertiary/aromatic N) is 2. The molecule has 0 aliphatic heterocycles. The van der Waals surface area contributed by atoms with Crippen molar-refractivity contribution >= 4 is 41.0 Å². The molecule has 0 fully saturated rings. The van der Waals surface area contributed by atoms with Gasteiger partial charge in [-0.15, -0.1) is 11.3 Å². The van der Waals surface area contributed by atoms with Crippen molar-refractivity contribution in [2.75, 3.05) is 14.1 Å². The van der Waals surface area contributed by atoms with Crippen LogP contribution in [0.5, 0.6) is 0 Å². The minimum Gasteiger partial charge on any atom is -0.481 e. The van der Waals surface area contributed by atoms with Crippen LogP contribution in [-0.4, -0.2) is 82.9 Å². The number of esters is 1. The smallest absolute Gasteiger partial charge is 0.306 e. The van der Waals surface area contributed by atoms with E-state index in [1.165, 1.54) is 18.3 Å². The topological polar surface area (TPSA) is 167 Å². The summed E-state index contributed by atoms with van der Waals surface area (Å²) in [4.78, 5) is 70.8. The van der Waals surface area contributed by atoms with E-state index in [0.29, 0.717) is 17.8 Å². The zero-order valence-electron chi connectivity index (χ0n) is 31.2. The van der Waals surface area contributed by atoms with Crippen molar-refractivity contribution in [3.8, 4) is 0 Å². The van der Waals surface area contributed by atoms with E-state index in [1.807, 2.05) is 71.9 Å². The molecule has 2 rings (SSSR count). The third-order valence-electron chi connectivity index (χ3n) is 9.17. The largest absolute Gasteiger partial charge is 0.481 e. The molecule has 0 aliphatic rings. The van der Waals surface area contributed by atoms with Crippen LogP contribution in [0.2, 0.25) is 0 Å². The molecule has 278 valence electrons. The van der Waals surface area contributed by atoms with Gasteiger partial charge in [0.05, 0.1) is 12.0 Å². The normalized spacial score (nSPS) is 15.7. The van der Waals surface area contributed by atoms with Crippen LogP contribution in [0.15, 0.2) is 35.7 Å². The van der Waals surface area contributed by atoms with E-state index < -0.39 is 54.0 Å². The predicted octanol–water partition coefficient (Wildman–Crippen LogP) is 4.85. The number of carboxylic acids is 1. The molecule has 4 N–H and O–H groups in total. The summed E-state index contributed by atoms with van der Waals surface area (Å²) in [6.07, 6.45) is 0.709. The number of carboxylic acid groups (broad SMARTS) is 1. The Kier molecular flexibility index (Phi) is 17.0. The zero-order chi connectivity index (χ0) is 37.7. The average Bonchev–Trinajstić information content (AvgIpc) is 3.55. The number of carbonyl (C=O) groups is 5. The Hall–Kier alpha value is -3.84. The van der Waals surface area contributed by atoms with Gasteiger partial charge in [-0.2, -0.15) is 0 Å². The second kappa shape index (κ2) is 20.1. The van der Waals surface area contributed by atoms with Crippen molar-refractivity contribution in [1.29, 1.82) is 0 Å². The lowest BCUT2D eigenvalue weighted by Gasteiger charge is -2.37. The van der Waals surface area contributed by atoms with Crippen LogP contribution < -0.4 is 16.0 Å². The molecule has 13 heteroatoms. The highest BCUT2D eigenvalue weighted by molar-refractivity contribution is 7.09. The highest BCUT2D eigenvalue weighted by Crippen LogP contribution is 2.31. The van der Waals surface area contributed by atoms with Crippen molar-refractivity contribution in [2.24, 2.45) is 23.7 Å². The number of likely N-dealkylation sites (N-methyl/N-ethyl adjacent to an activating group) is 2. The number of nitrogens with one attached hydrogen (secondary N) is 3. The molecule has 2 aromatic rings. The lowest BCUT2D eigenvalue weighted by molar-refractivity contribution is -0.149. The molecule has 0 bridgehead atoms. The van der Waals surface area contributed by atoms with Gasteiger partial charge in [0, 0.05) is 37.9 Å². The maximum atomic E-state index is 14.1. The summed E-state index contributed by atoms with van der Waals surface area (Å²) >= 11 is 1.17. The van der Waals surface area contributed by atoms with E-state index in [1.54, 1.807) is 31.3 Å². The fraction of sp³-hybridized carbons (Fsp3) is 0.622. The lowest BCUT2D eigenvalue weighted by Crippen LogP contribution is -2.57. The monoisotopic (exact) mass is 715 g/mol. The number of carbonyl (C=O) groups excluding carboxylic acids is 4. The zero-order valence-corrected chi connectivity index (χ0v) is 32.0. The molecule has 50 heavy (non-hydrogen) atoms. The summed E-state index contributed by atoms with van der Waals surface area (Å²) in [6, 6.07) is 7.42. The van der Waals surface area contributed by atoms with E-state index in [9.17, 15) is 29.1 Å². The first kappa shape index (κ1) is 42.3. The van der Waals surface area contributed by atoms with Gasteiger partial charge in [-0.1, -0.05) is 85.2 Å². The summed E-state index contributed by atoms with van der Waals surface area (Å²) in [6.45, 7) is 14.6. The van der Waals surface area contributed by atoms with Crippen LogP contribution >= 0.6 is 11.3 Å². The number of aromatic nitrogens is 1. The summed E-state index contributed by atoms with van der Waals surface area (Å²) < 4.78 is 5.74. The van der Waals surface area contributed by atoms with E-state index in [2.05, 4.69) is 20.9 Å². The molecule has 3 amide bonds. The molecule has 1 unspecified atom stereocenters. The van der Waals surface area contributed by atoms with Crippen LogP contribution in [0.4, 0.5) is 0 Å². The molecule has 0 aliphatic carbocycles. The summed E-state index contributed by atoms with van der Waals surface area (Å²) in [5.41, 5.74) is 1.08. The van der Waals surface area contributed by atoms with E-state index in [0.717, 1.165) is 5.56 Å². The SMILES string of the molecule is CC[C@H](C)[C@H](NC(=O)[C@@H](NC)C(C)C)C(=O)N(C)[C@H](C[C@@H](OC(C)=O)c1nc(C(=O)N[C@@H](Cc2ccccc2)CC(C)C(=O)O)cs1)C(C)C. The maximum Gasteiger partial charge on any atom is 0.306 e. The molecular formula is C37H57N5O7S. The van der Waals surface area contributed by atoms with Gasteiger partial charge in [0.2, 0.25) is 11.8 Å². The Morgan fingerprint density at radius 1 is 0.940 bits per heavy atom. The molecule has 1 aromatic carbocycles. The highest BCUT2D eigenvalue weighted by Gasteiger charge is 2.36. The van der Waals surface area contributed by atoms with Gasteiger partial charge in [-0.25, -0.2) is 4.98 Å². The van der Waals surface area contributed by atoms with Crippen molar-refractivity contribution < 1.29 is 33.8 Å². The minimum atomic E-state index is -0.948. The summed E-state index contributed by atoms with van der Waals surface area (Å²) in [5, 5.41) is 20.5. The number of hydrogen-bond acceptors (Lipinski definition) is 9. The molecule has 1 heterocycles. The molecular weight excluding hydrogens is 659 g/mol. The fourth-order valence-corrected chi connectivity index (χ4v) is 6.83. The quantitative estimate of drug-likeness (QED) is 0.140. The first-order valence-electron chi connectivity index (χ1n) is 17.4. The molecule has 0 saturated heterocycles. The van der Waals surface area contributed by atoms with Crippen LogP contribution in [0.1, 0.15) is 102 Å². The standard InChI is InChI=1S/C37H57N5O7S/c1-11-23(6)32(41-34(45)31(38-9)22(4)5)36(46)42(10)29(21(2)3)19-30(49-25(8)43)35-40-28(20-50-35)33(44)39-27(17-24(7)37(47)48)18-26-15-13-12-14-16-26/h12-16,20-24,27,29-32,38H,11,17-19H2,1-10H3,(H,39,44)(H,41,45)(H,47,48)/t23-,24?,27+,29+,30+,31-,32-/m0/s1. The summed E-state index contributed by atoms with van der Waals surface area (Å²) in [7, 11) is 3.42. The molecule has 0 spiro atoms. The average molecular weight is 716 g/mol. The Bertz CT molecular complexity index is 1420. The van der Waals surface area contributed by atoms with Crippen LogP contribution in [-0.2, 0) is 30.3 Å². The van der Waals surface area contributed by atoms with Crippen molar-refractivity contribution in [1.82, 2.24) is 25.8 Å². The van der Waals surface area contributed by atoms with E-state index in [-0.39, 0.29) is 48.1 Å². The summed E-state index contributed by atoms with van der Waals surface area (Å²) in [5.74, 6) is -3.29. The van der Waals surface area contributed by atoms with Crippen LogP contribution in [0, 0.1) is 23.7 Å². The fourth-order valence-electron chi connectivity index (χ4n) is 5.99. The predicted molar refractivity (Wildman–Crippen MR) is 195 cm³/mol. The number of hydrogen-bond donors (Lipinski definition) is 4. The van der Waals surface area contributed by atoms with Crippen molar-refractivity contribution in [3.63, 3.8) is 0 Å². The number of benzene rings is 1. The van der Waals surface area contributed by atoms with Crippen molar-refractivity contribution in [3.05, 3.63) is 52.0 Å². The third-order valence-corrected chi connectivity index (χ3v) is 10.1. The van der Waals surface area contributed by atoms with Gasteiger partial charge < -0.3 is 30.7 Å². The van der Waals surface area contributed by atoms with Crippen LogP contribution in [0.25, 0.3) is 0 Å². The van der Waals surface area contributed by atoms with E-state index >= 15 is 0 Å². The van der Waals surface area contributed by atoms with Gasteiger partial charge >= 0.3 is 11.9 Å². The van der Waals surface area contributed by atoms with Gasteiger partial charge in [0.15, 0.2) is 6.10 Å². The maximum absolute atomic E-state index is 14.1. The third kappa shape index (κ3) is 12.5. The molecule has 0 radical (unpaired) electrons. The first-order chi connectivity index (χ1) is 23.5. The Labute approximate surface area is 301 Å². The van der Waals surface area contributed by atoms with Crippen molar-refractivity contribution in [2.45, 2.75) is 111 Å². The highest BCUT2D eigenvalue weighted by atomic mass is 32.1. The number of rotatable bonds is 20. The Balaban J connectivity index is 2.33. The van der Waals surface area contributed by atoms with Crippen LogP contribution in [0.3, 0.4) is 0 Å². The van der Waals surface area contributed by atoms with Gasteiger partial charge in [-0.3, -0.25) is 24.0 Å². The number of aliphatic carboxylic acids is 1. The first-order valence-corrected chi connectivity index (χ1v) is 18.3. The Morgan fingerprint density at radius 2 is 1.58 bits per heavy atom. The van der Waals surface area contributed by atoms with E-state index in [4.69, 9.17) is 4.74 Å². The number of ether oxygens (including phenoxy) is 1. The molecule has 7 atom stereocenters. The number of amides is 3.